The van der Waals surface area contributed by atoms with Gasteiger partial charge < -0.3 is 5.73 Å². The number of carbonyl (C=O) groups is 1. The van der Waals surface area contributed by atoms with E-state index in [2.05, 4.69) is 25.6 Å². The van der Waals surface area contributed by atoms with Crippen molar-refractivity contribution < 1.29 is 4.79 Å². The molecule has 1 amide bonds. The van der Waals surface area contributed by atoms with Crippen molar-refractivity contribution in [2.24, 2.45) is 7.05 Å². The molecular formula is C12H17N7O. The second-order valence-corrected chi connectivity index (χ2v) is 4.26. The highest BCUT2D eigenvalue weighted by Crippen LogP contribution is 2.12. The molecule has 0 aliphatic rings. The fourth-order valence-electron chi connectivity index (χ4n) is 1.88. The molecule has 0 unspecified atom stereocenters. The minimum atomic E-state index is -0.407. The number of hydrogen-bond acceptors (Lipinski definition) is 6. The molecule has 8 heteroatoms. The summed E-state index contributed by atoms with van der Waals surface area (Å²) in [6, 6.07) is 0. The van der Waals surface area contributed by atoms with Gasteiger partial charge in [-0.2, -0.15) is 5.10 Å². The molecule has 0 radical (unpaired) electrons. The van der Waals surface area contributed by atoms with Crippen LogP contribution in [0.5, 0.6) is 0 Å². The number of nitrogen functional groups attached to an aromatic ring is 1. The van der Waals surface area contributed by atoms with E-state index in [0.717, 1.165) is 24.2 Å². The molecule has 2 aromatic rings. The fourth-order valence-corrected chi connectivity index (χ4v) is 1.88. The first-order valence-corrected chi connectivity index (χ1v) is 6.38. The van der Waals surface area contributed by atoms with Gasteiger partial charge in [0.15, 0.2) is 0 Å². The van der Waals surface area contributed by atoms with E-state index in [1.54, 1.807) is 7.05 Å². The Morgan fingerprint density at radius 3 is 2.55 bits per heavy atom. The molecule has 0 aromatic carbocycles. The third-order valence-electron chi connectivity index (χ3n) is 2.92. The van der Waals surface area contributed by atoms with Crippen LogP contribution >= 0.6 is 0 Å². The van der Waals surface area contributed by atoms with E-state index in [1.165, 1.54) is 10.9 Å². The molecule has 0 bridgehead atoms. The molecule has 0 spiro atoms. The van der Waals surface area contributed by atoms with Gasteiger partial charge in [-0.25, -0.2) is 4.98 Å². The van der Waals surface area contributed by atoms with Gasteiger partial charge in [0, 0.05) is 7.05 Å². The average molecular weight is 275 g/mol. The number of amides is 1. The Morgan fingerprint density at radius 2 is 2.00 bits per heavy atom. The number of carbonyl (C=O) groups excluding carboxylic acids is 1. The summed E-state index contributed by atoms with van der Waals surface area (Å²) in [5.74, 6) is -0.236. The number of hydrogen-bond donors (Lipinski definition) is 2. The predicted molar refractivity (Wildman–Crippen MR) is 74.2 cm³/mol. The quantitative estimate of drug-likeness (QED) is 0.843. The van der Waals surface area contributed by atoms with Crippen molar-refractivity contribution in [3.05, 3.63) is 23.3 Å². The van der Waals surface area contributed by atoms with Crippen LogP contribution in [-0.2, 0) is 19.9 Å². The Bertz CT molecular complexity index is 615. The van der Waals surface area contributed by atoms with Gasteiger partial charge in [-0.15, -0.1) is 10.2 Å². The van der Waals surface area contributed by atoms with Crippen LogP contribution in [0.3, 0.4) is 0 Å². The summed E-state index contributed by atoms with van der Waals surface area (Å²) < 4.78 is 1.40. The van der Waals surface area contributed by atoms with Crippen LogP contribution in [0.2, 0.25) is 0 Å². The van der Waals surface area contributed by atoms with Crippen molar-refractivity contribution in [1.29, 1.82) is 0 Å². The lowest BCUT2D eigenvalue weighted by atomic mass is 10.2. The van der Waals surface area contributed by atoms with Crippen molar-refractivity contribution in [2.75, 3.05) is 11.1 Å². The number of nitrogens with one attached hydrogen (secondary N) is 1. The lowest BCUT2D eigenvalue weighted by Gasteiger charge is -2.07. The van der Waals surface area contributed by atoms with E-state index in [1.807, 2.05) is 13.8 Å². The van der Waals surface area contributed by atoms with Crippen molar-refractivity contribution in [2.45, 2.75) is 26.7 Å². The zero-order chi connectivity index (χ0) is 14.7. The molecule has 0 saturated heterocycles. The molecule has 0 aliphatic heterocycles. The highest BCUT2D eigenvalue weighted by molar-refractivity contribution is 6.05. The summed E-state index contributed by atoms with van der Waals surface area (Å²) in [5.41, 5.74) is 7.94. The van der Waals surface area contributed by atoms with Gasteiger partial charge in [-0.1, -0.05) is 13.8 Å². The summed E-state index contributed by atoms with van der Waals surface area (Å²) in [4.78, 5) is 16.4. The van der Waals surface area contributed by atoms with E-state index in [-0.39, 0.29) is 11.6 Å². The van der Waals surface area contributed by atoms with E-state index >= 15 is 0 Å². The number of rotatable bonds is 4. The number of nitrogens with zero attached hydrogens (tertiary/aromatic N) is 5. The van der Waals surface area contributed by atoms with Crippen molar-refractivity contribution in [3.63, 3.8) is 0 Å². The van der Waals surface area contributed by atoms with Crippen molar-refractivity contribution in [1.82, 2.24) is 25.0 Å². The van der Waals surface area contributed by atoms with Gasteiger partial charge in [0.05, 0.1) is 23.3 Å². The van der Waals surface area contributed by atoms with Gasteiger partial charge in [0.1, 0.15) is 5.69 Å². The van der Waals surface area contributed by atoms with Crippen LogP contribution < -0.4 is 11.1 Å². The molecule has 2 rings (SSSR count). The first-order chi connectivity index (χ1) is 9.56. The smallest absolute Gasteiger partial charge is 0.278 e. The molecule has 20 heavy (non-hydrogen) atoms. The molecular weight excluding hydrogens is 258 g/mol. The lowest BCUT2D eigenvalue weighted by Crippen LogP contribution is -2.20. The largest absolute Gasteiger partial charge is 0.396 e. The highest BCUT2D eigenvalue weighted by atomic mass is 16.2. The topological polar surface area (TPSA) is 112 Å². The Kier molecular flexibility index (Phi) is 3.92. The predicted octanol–water partition coefficient (Wildman–Crippen LogP) is 0.564. The fraction of sp³-hybridized carbons (Fsp3) is 0.417. The molecule has 0 atom stereocenters. The SMILES string of the molecule is CCc1nnc(NC(=O)c2c(N)cnn2C)nc1CC. The summed E-state index contributed by atoms with van der Waals surface area (Å²) >= 11 is 0. The van der Waals surface area contributed by atoms with E-state index in [0.29, 0.717) is 5.69 Å². The normalized spacial score (nSPS) is 10.6. The molecule has 3 N–H and O–H groups in total. The van der Waals surface area contributed by atoms with Crippen LogP contribution in [0, 0.1) is 0 Å². The van der Waals surface area contributed by atoms with E-state index in [9.17, 15) is 4.79 Å². The summed E-state index contributed by atoms with van der Waals surface area (Å²) in [5, 5.41) is 14.5. The molecule has 0 saturated carbocycles. The minimum Gasteiger partial charge on any atom is -0.396 e. The Morgan fingerprint density at radius 1 is 1.30 bits per heavy atom. The third-order valence-corrected chi connectivity index (χ3v) is 2.92. The van der Waals surface area contributed by atoms with Gasteiger partial charge in [0.25, 0.3) is 5.91 Å². The molecule has 2 heterocycles. The molecule has 8 nitrogen and oxygen atoms in total. The van der Waals surface area contributed by atoms with E-state index < -0.39 is 5.91 Å². The number of nitrogens with two attached hydrogens (primary N) is 1. The lowest BCUT2D eigenvalue weighted by molar-refractivity contribution is 0.101. The van der Waals surface area contributed by atoms with Crippen LogP contribution in [0.15, 0.2) is 6.20 Å². The van der Waals surface area contributed by atoms with Crippen LogP contribution in [-0.4, -0.2) is 30.9 Å². The maximum absolute atomic E-state index is 12.1. The Balaban J connectivity index is 2.24. The van der Waals surface area contributed by atoms with Gasteiger partial charge in [0.2, 0.25) is 5.95 Å². The maximum atomic E-state index is 12.1. The second-order valence-electron chi connectivity index (χ2n) is 4.26. The van der Waals surface area contributed by atoms with E-state index in [4.69, 9.17) is 5.73 Å². The molecule has 0 fully saturated rings. The summed E-state index contributed by atoms with van der Waals surface area (Å²) in [6.07, 6.45) is 2.91. The monoisotopic (exact) mass is 275 g/mol. The van der Waals surface area contributed by atoms with Crippen molar-refractivity contribution >= 4 is 17.5 Å². The van der Waals surface area contributed by atoms with Crippen LogP contribution in [0.1, 0.15) is 35.7 Å². The van der Waals surface area contributed by atoms with Gasteiger partial charge in [-0.3, -0.25) is 14.8 Å². The number of aromatic nitrogens is 5. The average Bonchev–Trinajstić information content (AvgIpc) is 2.78. The first kappa shape index (κ1) is 13.9. The Labute approximate surface area is 116 Å². The van der Waals surface area contributed by atoms with Crippen LogP contribution in [0.4, 0.5) is 11.6 Å². The first-order valence-electron chi connectivity index (χ1n) is 6.38. The molecule has 0 aliphatic carbocycles. The zero-order valence-electron chi connectivity index (χ0n) is 11.7. The minimum absolute atomic E-state index is 0.171. The summed E-state index contributed by atoms with van der Waals surface area (Å²) in [7, 11) is 1.64. The van der Waals surface area contributed by atoms with Gasteiger partial charge >= 0.3 is 0 Å². The highest BCUT2D eigenvalue weighted by Gasteiger charge is 2.17. The zero-order valence-corrected chi connectivity index (χ0v) is 11.7. The standard InChI is InChI=1S/C12H17N7O/c1-4-8-9(5-2)17-18-12(15-8)16-11(20)10-7(13)6-14-19(10)3/h6H,4-5,13H2,1-3H3,(H,15,16,18,20). The number of anilines is 2. The second kappa shape index (κ2) is 5.64. The third kappa shape index (κ3) is 2.58. The summed E-state index contributed by atoms with van der Waals surface area (Å²) in [6.45, 7) is 3.97. The molecule has 2 aromatic heterocycles. The molecule has 106 valence electrons. The number of aryl methyl sites for hydroxylation is 3. The van der Waals surface area contributed by atoms with Crippen molar-refractivity contribution in [3.8, 4) is 0 Å². The van der Waals surface area contributed by atoms with Crippen LogP contribution in [0.25, 0.3) is 0 Å². The Hall–Kier alpha value is -2.51. The maximum Gasteiger partial charge on any atom is 0.278 e. The van der Waals surface area contributed by atoms with Gasteiger partial charge in [-0.05, 0) is 12.8 Å².